The van der Waals surface area contributed by atoms with Crippen LogP contribution < -0.4 is 5.73 Å². The molecule has 1 aliphatic heterocycles. The van der Waals surface area contributed by atoms with Gasteiger partial charge in [0.1, 0.15) is 0 Å². The fourth-order valence-electron chi connectivity index (χ4n) is 2.30. The Morgan fingerprint density at radius 1 is 0.958 bits per heavy atom. The zero-order chi connectivity index (χ0) is 18.1. The molecule has 2 N–H and O–H groups in total. The molecule has 0 saturated carbocycles. The molecule has 1 aliphatic rings. The van der Waals surface area contributed by atoms with Crippen molar-refractivity contribution < 1.29 is 38.1 Å². The van der Waals surface area contributed by atoms with E-state index in [1.54, 1.807) is 0 Å². The van der Waals surface area contributed by atoms with Crippen LogP contribution in [-0.2, 0) is 38.1 Å². The van der Waals surface area contributed by atoms with E-state index in [-0.39, 0.29) is 6.61 Å². The van der Waals surface area contributed by atoms with Crippen LogP contribution in [-0.4, -0.2) is 62.3 Å². The molecule has 0 aliphatic carbocycles. The fraction of sp³-hybridized carbons (Fsp3) is 0.800. The second-order valence-electron chi connectivity index (χ2n) is 5.36. The number of hydrogen-bond acceptors (Lipinski definition) is 9. The normalized spacial score (nSPS) is 26.5. The number of rotatable bonds is 8. The van der Waals surface area contributed by atoms with Crippen LogP contribution in [0.15, 0.2) is 0 Å². The number of esters is 3. The third-order valence-electron chi connectivity index (χ3n) is 3.19. The molecule has 4 atom stereocenters. The summed E-state index contributed by atoms with van der Waals surface area (Å²) in [5.74, 6) is -1.76. The van der Waals surface area contributed by atoms with Crippen LogP contribution >= 0.6 is 0 Å². The first kappa shape index (κ1) is 20.3. The lowest BCUT2D eigenvalue weighted by Crippen LogP contribution is -2.58. The molecule has 0 aromatic carbocycles. The van der Waals surface area contributed by atoms with Crippen LogP contribution in [0, 0.1) is 0 Å². The second kappa shape index (κ2) is 10.2. The number of ether oxygens (including phenoxy) is 5. The lowest BCUT2D eigenvalue weighted by Gasteiger charge is -2.40. The topological polar surface area (TPSA) is 123 Å². The maximum atomic E-state index is 11.4. The number of carbonyl (C=O) groups excluding carboxylic acids is 3. The third kappa shape index (κ3) is 6.81. The zero-order valence-corrected chi connectivity index (χ0v) is 14.2. The minimum atomic E-state index is -1.04. The summed E-state index contributed by atoms with van der Waals surface area (Å²) in [6.45, 7) is 4.48. The van der Waals surface area contributed by atoms with Gasteiger partial charge in [-0.15, -0.1) is 0 Å². The first-order chi connectivity index (χ1) is 11.3. The van der Waals surface area contributed by atoms with Gasteiger partial charge in [-0.2, -0.15) is 0 Å². The molecule has 0 spiro atoms. The molecule has 9 heteroatoms. The summed E-state index contributed by atoms with van der Waals surface area (Å²) < 4.78 is 26.6. The Hall–Kier alpha value is -1.71. The van der Waals surface area contributed by atoms with Crippen molar-refractivity contribution in [2.45, 2.75) is 58.2 Å². The van der Waals surface area contributed by atoms with Crippen molar-refractivity contribution in [1.29, 1.82) is 0 Å². The van der Waals surface area contributed by atoms with Crippen LogP contribution in [0.5, 0.6) is 0 Å². The molecule has 1 unspecified atom stereocenters. The Balaban J connectivity index is 2.86. The number of carbonyl (C=O) groups is 3. The SMILES string of the molecule is CC(=O)O[C@@H]1[C@H](OC(C)=O)COC(OCCCCN)[C@@H]1OC(C)=O. The van der Waals surface area contributed by atoms with E-state index in [2.05, 4.69) is 0 Å². The summed E-state index contributed by atoms with van der Waals surface area (Å²) in [5.41, 5.74) is 5.42. The van der Waals surface area contributed by atoms with E-state index in [4.69, 9.17) is 29.4 Å². The first-order valence-corrected chi connectivity index (χ1v) is 7.80. The maximum absolute atomic E-state index is 11.4. The number of nitrogens with two attached hydrogens (primary N) is 1. The zero-order valence-electron chi connectivity index (χ0n) is 14.2. The lowest BCUT2D eigenvalue weighted by molar-refractivity contribution is -0.281. The summed E-state index contributed by atoms with van der Waals surface area (Å²) in [5, 5.41) is 0. The molecule has 1 fully saturated rings. The van der Waals surface area contributed by atoms with E-state index in [1.807, 2.05) is 0 Å². The van der Waals surface area contributed by atoms with E-state index in [0.29, 0.717) is 19.6 Å². The van der Waals surface area contributed by atoms with Gasteiger partial charge in [-0.1, -0.05) is 0 Å². The van der Waals surface area contributed by atoms with Crippen molar-refractivity contribution in [3.63, 3.8) is 0 Å². The molecular weight excluding hydrogens is 322 g/mol. The molecule has 138 valence electrons. The molecule has 1 rings (SSSR count). The lowest BCUT2D eigenvalue weighted by atomic mass is 10.0. The standard InChI is InChI=1S/C15H25NO8/c1-9(17)22-12-8-21-15(20-7-5-4-6-16)14(24-11(3)19)13(12)23-10(2)18/h12-15H,4-8,16H2,1-3H3/t12-,13-,14-,15?/m1/s1. The highest BCUT2D eigenvalue weighted by molar-refractivity contribution is 5.68. The summed E-state index contributed by atoms with van der Waals surface area (Å²) in [7, 11) is 0. The van der Waals surface area contributed by atoms with Crippen LogP contribution in [0.1, 0.15) is 33.6 Å². The molecule has 1 heterocycles. The van der Waals surface area contributed by atoms with Crippen LogP contribution in [0.3, 0.4) is 0 Å². The number of hydrogen-bond donors (Lipinski definition) is 1. The Kier molecular flexibility index (Phi) is 8.66. The molecule has 9 nitrogen and oxygen atoms in total. The minimum Gasteiger partial charge on any atom is -0.456 e. The molecule has 0 aromatic rings. The Morgan fingerprint density at radius 3 is 2.08 bits per heavy atom. The summed E-state index contributed by atoms with van der Waals surface area (Å²) in [6, 6.07) is 0. The maximum Gasteiger partial charge on any atom is 0.303 e. The first-order valence-electron chi connectivity index (χ1n) is 7.80. The monoisotopic (exact) mass is 347 g/mol. The average molecular weight is 347 g/mol. The quantitative estimate of drug-likeness (QED) is 0.364. The van der Waals surface area contributed by atoms with Crippen LogP contribution in [0.25, 0.3) is 0 Å². The fourth-order valence-corrected chi connectivity index (χ4v) is 2.30. The van der Waals surface area contributed by atoms with Gasteiger partial charge in [-0.05, 0) is 19.4 Å². The van der Waals surface area contributed by atoms with E-state index in [0.717, 1.165) is 6.42 Å². The van der Waals surface area contributed by atoms with E-state index in [1.165, 1.54) is 20.8 Å². The van der Waals surface area contributed by atoms with E-state index < -0.39 is 42.5 Å². The van der Waals surface area contributed by atoms with Gasteiger partial charge in [0.2, 0.25) is 0 Å². The van der Waals surface area contributed by atoms with Gasteiger partial charge in [0.15, 0.2) is 24.6 Å². The van der Waals surface area contributed by atoms with E-state index in [9.17, 15) is 14.4 Å². The summed E-state index contributed by atoms with van der Waals surface area (Å²) in [4.78, 5) is 34.0. The van der Waals surface area contributed by atoms with Crippen molar-refractivity contribution >= 4 is 17.9 Å². The van der Waals surface area contributed by atoms with Gasteiger partial charge in [0, 0.05) is 27.4 Å². The average Bonchev–Trinajstić information content (AvgIpc) is 2.47. The number of unbranched alkanes of at least 4 members (excludes halogenated alkanes) is 1. The predicted molar refractivity (Wildman–Crippen MR) is 80.6 cm³/mol. The van der Waals surface area contributed by atoms with Crippen molar-refractivity contribution in [2.75, 3.05) is 19.8 Å². The minimum absolute atomic E-state index is 0.0448. The molecule has 0 bridgehead atoms. The van der Waals surface area contributed by atoms with Gasteiger partial charge >= 0.3 is 17.9 Å². The molecular formula is C15H25NO8. The molecule has 24 heavy (non-hydrogen) atoms. The highest BCUT2D eigenvalue weighted by Gasteiger charge is 2.47. The van der Waals surface area contributed by atoms with Gasteiger partial charge in [0.25, 0.3) is 0 Å². The van der Waals surface area contributed by atoms with Crippen LogP contribution in [0.2, 0.25) is 0 Å². The van der Waals surface area contributed by atoms with Gasteiger partial charge in [-0.3, -0.25) is 14.4 Å². The molecule has 0 aromatic heterocycles. The molecule has 0 radical (unpaired) electrons. The Bertz CT molecular complexity index is 441. The van der Waals surface area contributed by atoms with Crippen molar-refractivity contribution in [1.82, 2.24) is 0 Å². The third-order valence-corrected chi connectivity index (χ3v) is 3.19. The molecule has 1 saturated heterocycles. The largest absolute Gasteiger partial charge is 0.456 e. The van der Waals surface area contributed by atoms with Crippen molar-refractivity contribution in [2.24, 2.45) is 5.73 Å². The van der Waals surface area contributed by atoms with Crippen LogP contribution in [0.4, 0.5) is 0 Å². The summed E-state index contributed by atoms with van der Waals surface area (Å²) >= 11 is 0. The van der Waals surface area contributed by atoms with E-state index >= 15 is 0 Å². The molecule has 0 amide bonds. The van der Waals surface area contributed by atoms with Gasteiger partial charge in [-0.25, -0.2) is 0 Å². The van der Waals surface area contributed by atoms with Gasteiger partial charge in [0.05, 0.1) is 6.61 Å². The highest BCUT2D eigenvalue weighted by atomic mass is 16.7. The predicted octanol–water partition coefficient (Wildman–Crippen LogP) is -0.107. The summed E-state index contributed by atoms with van der Waals surface area (Å²) in [6.07, 6.45) is -2.39. The van der Waals surface area contributed by atoms with Crippen molar-refractivity contribution in [3.05, 3.63) is 0 Å². The smallest absolute Gasteiger partial charge is 0.303 e. The Labute approximate surface area is 140 Å². The highest BCUT2D eigenvalue weighted by Crippen LogP contribution is 2.25. The van der Waals surface area contributed by atoms with Crippen molar-refractivity contribution in [3.8, 4) is 0 Å². The second-order valence-corrected chi connectivity index (χ2v) is 5.36. The Morgan fingerprint density at radius 2 is 1.54 bits per heavy atom. The van der Waals surface area contributed by atoms with Gasteiger partial charge < -0.3 is 29.4 Å².